The summed E-state index contributed by atoms with van der Waals surface area (Å²) >= 11 is 4.64. The van der Waals surface area contributed by atoms with E-state index in [1.807, 2.05) is 41.3 Å². The van der Waals surface area contributed by atoms with Crippen LogP contribution >= 0.6 is 12.2 Å². The molecule has 1 saturated heterocycles. The number of hydrogen-bond acceptors (Lipinski definition) is 4. The molecule has 4 rings (SSSR count). The van der Waals surface area contributed by atoms with Gasteiger partial charge in [-0.05, 0) is 36.3 Å². The Balaban J connectivity index is 1.56. The van der Waals surface area contributed by atoms with Crippen molar-refractivity contribution in [1.82, 2.24) is 10.3 Å². The first kappa shape index (κ1) is 24.7. The van der Waals surface area contributed by atoms with Crippen LogP contribution in [-0.2, 0) is 13.0 Å². The van der Waals surface area contributed by atoms with Gasteiger partial charge in [-0.2, -0.15) is 5.10 Å². The molecule has 182 valence electrons. The van der Waals surface area contributed by atoms with Gasteiger partial charge in [0.1, 0.15) is 17.5 Å². The Morgan fingerprint density at radius 1 is 1.00 bits per heavy atom. The molecule has 1 aliphatic heterocycles. The normalized spacial score (nSPS) is 16.5. The SMILES string of the molecule is NC(=S)N/N=C/c1cc(F)c(N2CCN(Cc3ccccc3F)[C@@H](Cc3ccccc3)C2)cc1F. The fourth-order valence-electron chi connectivity index (χ4n) is 4.30. The largest absolute Gasteiger partial charge is 0.375 e. The lowest BCUT2D eigenvalue weighted by Gasteiger charge is -2.43. The molecule has 1 aliphatic rings. The summed E-state index contributed by atoms with van der Waals surface area (Å²) in [7, 11) is 0. The molecule has 0 amide bonds. The van der Waals surface area contributed by atoms with E-state index < -0.39 is 11.6 Å². The molecule has 0 radical (unpaired) electrons. The third-order valence-electron chi connectivity index (χ3n) is 6.04. The molecule has 1 fully saturated rings. The number of rotatable bonds is 7. The Kier molecular flexibility index (Phi) is 7.99. The monoisotopic (exact) mass is 497 g/mol. The summed E-state index contributed by atoms with van der Waals surface area (Å²) in [6.07, 6.45) is 1.83. The van der Waals surface area contributed by atoms with Gasteiger partial charge in [-0.25, -0.2) is 13.2 Å². The topological polar surface area (TPSA) is 56.9 Å². The van der Waals surface area contributed by atoms with Gasteiger partial charge in [-0.15, -0.1) is 0 Å². The number of benzene rings is 3. The minimum atomic E-state index is -0.608. The number of nitrogens with zero attached hydrogens (tertiary/aromatic N) is 3. The molecular formula is C26H26F3N5S. The van der Waals surface area contributed by atoms with Gasteiger partial charge in [-0.3, -0.25) is 10.3 Å². The number of anilines is 1. The van der Waals surface area contributed by atoms with Crippen LogP contribution in [0.4, 0.5) is 18.9 Å². The van der Waals surface area contributed by atoms with Crippen LogP contribution in [0.5, 0.6) is 0 Å². The number of hydrazone groups is 1. The van der Waals surface area contributed by atoms with Gasteiger partial charge in [0.15, 0.2) is 5.11 Å². The van der Waals surface area contributed by atoms with E-state index in [9.17, 15) is 8.78 Å². The first-order chi connectivity index (χ1) is 16.9. The van der Waals surface area contributed by atoms with E-state index in [1.54, 1.807) is 12.1 Å². The van der Waals surface area contributed by atoms with E-state index in [0.717, 1.165) is 17.8 Å². The lowest BCUT2D eigenvalue weighted by Crippen LogP contribution is -2.54. The minimum Gasteiger partial charge on any atom is -0.375 e. The van der Waals surface area contributed by atoms with Gasteiger partial charge < -0.3 is 10.6 Å². The number of nitrogens with one attached hydrogen (secondary N) is 1. The first-order valence-corrected chi connectivity index (χ1v) is 11.7. The molecule has 5 nitrogen and oxygen atoms in total. The third kappa shape index (κ3) is 6.37. The van der Waals surface area contributed by atoms with E-state index in [-0.39, 0.29) is 28.2 Å². The lowest BCUT2D eigenvalue weighted by atomic mass is 10.0. The van der Waals surface area contributed by atoms with Gasteiger partial charge >= 0.3 is 0 Å². The number of hydrogen-bond donors (Lipinski definition) is 2. The average molecular weight is 498 g/mol. The highest BCUT2D eigenvalue weighted by Gasteiger charge is 2.29. The van der Waals surface area contributed by atoms with Crippen LogP contribution in [0.15, 0.2) is 71.8 Å². The molecule has 0 unspecified atom stereocenters. The Labute approximate surface area is 208 Å². The second-order valence-electron chi connectivity index (χ2n) is 8.41. The summed E-state index contributed by atoms with van der Waals surface area (Å²) in [5.41, 5.74) is 9.52. The molecule has 3 N–H and O–H groups in total. The average Bonchev–Trinajstić information content (AvgIpc) is 2.84. The third-order valence-corrected chi connectivity index (χ3v) is 6.13. The summed E-state index contributed by atoms with van der Waals surface area (Å²) in [5.74, 6) is -1.41. The zero-order chi connectivity index (χ0) is 24.8. The molecule has 3 aromatic rings. The second-order valence-corrected chi connectivity index (χ2v) is 8.85. The van der Waals surface area contributed by atoms with Crippen LogP contribution in [-0.4, -0.2) is 41.9 Å². The zero-order valence-electron chi connectivity index (χ0n) is 19.0. The summed E-state index contributed by atoms with van der Waals surface area (Å²) in [6.45, 7) is 1.97. The van der Waals surface area contributed by atoms with E-state index >= 15 is 4.39 Å². The van der Waals surface area contributed by atoms with Crippen LogP contribution in [0.1, 0.15) is 16.7 Å². The van der Waals surface area contributed by atoms with E-state index in [1.165, 1.54) is 12.1 Å². The van der Waals surface area contributed by atoms with Crippen molar-refractivity contribution in [3.05, 3.63) is 101 Å². The van der Waals surface area contributed by atoms with Crippen LogP contribution in [0.2, 0.25) is 0 Å². The highest BCUT2D eigenvalue weighted by molar-refractivity contribution is 7.80. The maximum atomic E-state index is 15.0. The molecule has 35 heavy (non-hydrogen) atoms. The predicted molar refractivity (Wildman–Crippen MR) is 137 cm³/mol. The van der Waals surface area contributed by atoms with E-state index in [0.29, 0.717) is 38.2 Å². The fraction of sp³-hybridized carbons (Fsp3) is 0.231. The quantitative estimate of drug-likeness (QED) is 0.291. The Bertz CT molecular complexity index is 1200. The second kappa shape index (κ2) is 11.3. The van der Waals surface area contributed by atoms with Crippen LogP contribution < -0.4 is 16.1 Å². The summed E-state index contributed by atoms with van der Waals surface area (Å²) in [6, 6.07) is 19.0. The standard InChI is InChI=1S/C26H26F3N5S/c27-22-9-5-4-8-19(22)16-33-10-11-34(17-21(33)12-18-6-2-1-3-7-18)25-14-23(28)20(13-24(25)29)15-31-32-26(30)35/h1-9,13-15,21H,10-12,16-17H2,(H3,30,32,35)/b31-15+/t21-/m0/s1. The van der Waals surface area contributed by atoms with Gasteiger partial charge in [0.2, 0.25) is 0 Å². The molecule has 1 heterocycles. The summed E-state index contributed by atoms with van der Waals surface area (Å²) in [5, 5.41) is 3.63. The molecule has 9 heteroatoms. The van der Waals surface area contributed by atoms with Crippen LogP contribution in [0.25, 0.3) is 0 Å². The molecule has 0 aliphatic carbocycles. The van der Waals surface area contributed by atoms with Gasteiger partial charge in [0, 0.05) is 49.4 Å². The number of thiocarbonyl (C=S) groups is 1. The Morgan fingerprint density at radius 3 is 2.49 bits per heavy atom. The van der Waals surface area contributed by atoms with E-state index in [2.05, 4.69) is 27.6 Å². The summed E-state index contributed by atoms with van der Waals surface area (Å²) in [4.78, 5) is 4.05. The molecule has 0 spiro atoms. The van der Waals surface area contributed by atoms with Crippen molar-refractivity contribution >= 4 is 29.2 Å². The highest BCUT2D eigenvalue weighted by Crippen LogP contribution is 2.27. The maximum Gasteiger partial charge on any atom is 0.184 e. The molecular weight excluding hydrogens is 471 g/mol. The predicted octanol–water partition coefficient (Wildman–Crippen LogP) is 4.20. The summed E-state index contributed by atoms with van der Waals surface area (Å²) < 4.78 is 44.1. The number of halogens is 3. The number of piperazine rings is 1. The van der Waals surface area contributed by atoms with Crippen molar-refractivity contribution in [1.29, 1.82) is 0 Å². The van der Waals surface area contributed by atoms with Crippen molar-refractivity contribution in [2.75, 3.05) is 24.5 Å². The van der Waals surface area contributed by atoms with Gasteiger partial charge in [0.05, 0.1) is 11.9 Å². The smallest absolute Gasteiger partial charge is 0.184 e. The van der Waals surface area contributed by atoms with Crippen molar-refractivity contribution in [2.45, 2.75) is 19.0 Å². The molecule has 0 aromatic heterocycles. The van der Waals surface area contributed by atoms with Gasteiger partial charge in [-0.1, -0.05) is 48.5 Å². The van der Waals surface area contributed by atoms with Crippen LogP contribution in [0, 0.1) is 17.5 Å². The maximum absolute atomic E-state index is 15.0. The first-order valence-electron chi connectivity index (χ1n) is 11.2. The van der Waals surface area contributed by atoms with Crippen molar-refractivity contribution < 1.29 is 13.2 Å². The molecule has 0 saturated carbocycles. The fourth-order valence-corrected chi connectivity index (χ4v) is 4.36. The van der Waals surface area contributed by atoms with Crippen molar-refractivity contribution in [3.8, 4) is 0 Å². The minimum absolute atomic E-state index is 0.0194. The lowest BCUT2D eigenvalue weighted by molar-refractivity contribution is 0.164. The highest BCUT2D eigenvalue weighted by atomic mass is 32.1. The van der Waals surface area contributed by atoms with Gasteiger partial charge in [0.25, 0.3) is 0 Å². The molecule has 0 bridgehead atoms. The van der Waals surface area contributed by atoms with Crippen molar-refractivity contribution in [3.63, 3.8) is 0 Å². The number of nitrogens with two attached hydrogens (primary N) is 1. The van der Waals surface area contributed by atoms with E-state index in [4.69, 9.17) is 5.73 Å². The van der Waals surface area contributed by atoms with Crippen molar-refractivity contribution in [2.24, 2.45) is 10.8 Å². The Morgan fingerprint density at radius 2 is 1.74 bits per heavy atom. The molecule has 1 atom stereocenters. The molecule has 3 aromatic carbocycles. The van der Waals surface area contributed by atoms with Crippen LogP contribution in [0.3, 0.4) is 0 Å². The Hall–Kier alpha value is -3.43. The zero-order valence-corrected chi connectivity index (χ0v) is 19.8.